The van der Waals surface area contributed by atoms with Crippen molar-refractivity contribution >= 4 is 17.7 Å². The third kappa shape index (κ3) is 2.54. The second kappa shape index (κ2) is 4.02. The number of amides is 1. The van der Waals surface area contributed by atoms with E-state index in [9.17, 15) is 14.4 Å². The quantitative estimate of drug-likeness (QED) is 0.583. The number of nitrogens with one attached hydrogen (secondary N) is 1. The number of piperidine rings is 1. The Morgan fingerprint density at radius 1 is 1.54 bits per heavy atom. The van der Waals surface area contributed by atoms with Gasteiger partial charge in [-0.05, 0) is 6.42 Å². The van der Waals surface area contributed by atoms with Crippen LogP contribution < -0.4 is 5.32 Å². The highest BCUT2D eigenvalue weighted by Crippen LogP contribution is 2.13. The van der Waals surface area contributed by atoms with Crippen LogP contribution in [-0.4, -0.2) is 29.3 Å². The molecular weight excluding hydrogens is 174 g/mol. The van der Waals surface area contributed by atoms with Crippen LogP contribution in [-0.2, 0) is 14.4 Å². The molecule has 1 heterocycles. The van der Waals surface area contributed by atoms with Gasteiger partial charge in [-0.25, -0.2) is 0 Å². The van der Waals surface area contributed by atoms with Crippen LogP contribution in [0.25, 0.3) is 0 Å². The fraction of sp³-hybridized carbons (Fsp3) is 0.625. The molecule has 0 spiro atoms. The van der Waals surface area contributed by atoms with Crippen molar-refractivity contribution < 1.29 is 19.5 Å². The largest absolute Gasteiger partial charge is 0.481 e. The Morgan fingerprint density at radius 3 is 2.77 bits per heavy atom. The van der Waals surface area contributed by atoms with E-state index in [1.165, 1.54) is 0 Å². The van der Waals surface area contributed by atoms with Crippen molar-refractivity contribution in [1.29, 1.82) is 0 Å². The summed E-state index contributed by atoms with van der Waals surface area (Å²) in [5.41, 5.74) is 0. The number of carbonyl (C=O) groups excluding carboxylic acids is 2. The number of carboxylic acids is 1. The highest BCUT2D eigenvalue weighted by atomic mass is 16.4. The minimum Gasteiger partial charge on any atom is -0.481 e. The van der Waals surface area contributed by atoms with Crippen LogP contribution in [0.4, 0.5) is 0 Å². The van der Waals surface area contributed by atoms with Gasteiger partial charge in [0.2, 0.25) is 5.91 Å². The monoisotopic (exact) mass is 185 g/mol. The number of hydrogen-bond acceptors (Lipinski definition) is 3. The summed E-state index contributed by atoms with van der Waals surface area (Å²) in [7, 11) is 0. The van der Waals surface area contributed by atoms with Crippen LogP contribution >= 0.6 is 0 Å². The van der Waals surface area contributed by atoms with Gasteiger partial charge >= 0.3 is 5.97 Å². The first-order valence-electron chi connectivity index (χ1n) is 4.13. The van der Waals surface area contributed by atoms with E-state index < -0.39 is 11.9 Å². The lowest BCUT2D eigenvalue weighted by Crippen LogP contribution is -2.42. The molecule has 1 atom stereocenters. The van der Waals surface area contributed by atoms with Gasteiger partial charge in [0.05, 0.1) is 5.92 Å². The highest BCUT2D eigenvalue weighted by Gasteiger charge is 2.29. The molecule has 0 radical (unpaired) electrons. The molecule has 0 bridgehead atoms. The molecule has 0 aromatic carbocycles. The minimum absolute atomic E-state index is 0.111. The molecule has 0 aliphatic carbocycles. The summed E-state index contributed by atoms with van der Waals surface area (Å²) in [6.07, 6.45) is 0.292. The Hall–Kier alpha value is -1.39. The van der Waals surface area contributed by atoms with Gasteiger partial charge in [0.15, 0.2) is 0 Å². The summed E-state index contributed by atoms with van der Waals surface area (Å²) in [6, 6.07) is 0. The summed E-state index contributed by atoms with van der Waals surface area (Å²) in [5.74, 6) is -2.21. The first-order valence-corrected chi connectivity index (χ1v) is 4.13. The zero-order chi connectivity index (χ0) is 9.84. The normalized spacial score (nSPS) is 22.6. The molecule has 1 unspecified atom stereocenters. The van der Waals surface area contributed by atoms with Gasteiger partial charge in [0.25, 0.3) is 0 Å². The minimum atomic E-state index is -0.980. The maximum absolute atomic E-state index is 11.2. The summed E-state index contributed by atoms with van der Waals surface area (Å²) in [6.45, 7) is 0.376. The number of carboxylic acid groups (broad SMARTS) is 1. The SMILES string of the molecule is O=C(O)CCC1C(=O)CCNC1=O. The van der Waals surface area contributed by atoms with Crippen molar-refractivity contribution in [3.05, 3.63) is 0 Å². The molecule has 0 saturated carbocycles. The lowest BCUT2D eigenvalue weighted by atomic mass is 9.92. The van der Waals surface area contributed by atoms with E-state index in [0.29, 0.717) is 13.0 Å². The lowest BCUT2D eigenvalue weighted by Gasteiger charge is -2.19. The average Bonchev–Trinajstić information content (AvgIpc) is 2.03. The van der Waals surface area contributed by atoms with Crippen LogP contribution in [0.1, 0.15) is 19.3 Å². The number of aliphatic carboxylic acids is 1. The Labute approximate surface area is 75.1 Å². The second-order valence-corrected chi connectivity index (χ2v) is 2.99. The van der Waals surface area contributed by atoms with Crippen LogP contribution in [0.15, 0.2) is 0 Å². The van der Waals surface area contributed by atoms with Gasteiger partial charge in [-0.3, -0.25) is 14.4 Å². The molecule has 5 heteroatoms. The average molecular weight is 185 g/mol. The number of Topliss-reactive ketones (excluding diaryl/α,β-unsaturated/α-hetero) is 1. The molecule has 0 aromatic rings. The van der Waals surface area contributed by atoms with E-state index in [1.54, 1.807) is 0 Å². The summed E-state index contributed by atoms with van der Waals surface area (Å²) < 4.78 is 0. The zero-order valence-electron chi connectivity index (χ0n) is 7.08. The summed E-state index contributed by atoms with van der Waals surface area (Å²) >= 11 is 0. The summed E-state index contributed by atoms with van der Waals surface area (Å²) in [4.78, 5) is 32.5. The molecule has 5 nitrogen and oxygen atoms in total. The maximum atomic E-state index is 11.2. The van der Waals surface area contributed by atoms with E-state index in [2.05, 4.69) is 5.32 Å². The molecule has 1 amide bonds. The Balaban J connectivity index is 2.49. The topological polar surface area (TPSA) is 83.5 Å². The van der Waals surface area contributed by atoms with Crippen LogP contribution in [0.3, 0.4) is 0 Å². The van der Waals surface area contributed by atoms with Crippen LogP contribution in [0, 0.1) is 5.92 Å². The number of rotatable bonds is 3. The molecule has 1 aliphatic heterocycles. The molecule has 2 N–H and O–H groups in total. The third-order valence-electron chi connectivity index (χ3n) is 2.02. The van der Waals surface area contributed by atoms with E-state index in [4.69, 9.17) is 5.11 Å². The van der Waals surface area contributed by atoms with Gasteiger partial charge in [-0.1, -0.05) is 0 Å². The number of hydrogen-bond donors (Lipinski definition) is 2. The van der Waals surface area contributed by atoms with Gasteiger partial charge < -0.3 is 10.4 Å². The van der Waals surface area contributed by atoms with Gasteiger partial charge in [0, 0.05) is 19.4 Å². The van der Waals surface area contributed by atoms with Gasteiger partial charge in [0.1, 0.15) is 5.78 Å². The Bertz CT molecular complexity index is 233. The van der Waals surface area contributed by atoms with E-state index >= 15 is 0 Å². The van der Waals surface area contributed by atoms with Crippen LogP contribution in [0.2, 0.25) is 0 Å². The smallest absolute Gasteiger partial charge is 0.303 e. The van der Waals surface area contributed by atoms with E-state index in [0.717, 1.165) is 0 Å². The van der Waals surface area contributed by atoms with Crippen molar-refractivity contribution in [3.8, 4) is 0 Å². The van der Waals surface area contributed by atoms with Crippen LogP contribution in [0.5, 0.6) is 0 Å². The molecule has 1 rings (SSSR count). The first-order chi connectivity index (χ1) is 6.11. The molecule has 0 aromatic heterocycles. The molecule has 1 saturated heterocycles. The number of carbonyl (C=O) groups is 3. The summed E-state index contributed by atoms with van der Waals surface area (Å²) in [5, 5.41) is 10.9. The third-order valence-corrected chi connectivity index (χ3v) is 2.02. The fourth-order valence-corrected chi connectivity index (χ4v) is 1.31. The standard InChI is InChI=1S/C8H11NO4/c10-6-3-4-9-8(13)5(6)1-2-7(11)12/h5H,1-4H2,(H,9,13)(H,11,12). The Kier molecular flexibility index (Phi) is 3.00. The van der Waals surface area contributed by atoms with Gasteiger partial charge in [-0.2, -0.15) is 0 Å². The van der Waals surface area contributed by atoms with E-state index in [1.807, 2.05) is 0 Å². The fourth-order valence-electron chi connectivity index (χ4n) is 1.31. The first kappa shape index (κ1) is 9.70. The van der Waals surface area contributed by atoms with Crippen molar-refractivity contribution in [3.63, 3.8) is 0 Å². The molecule has 72 valence electrons. The van der Waals surface area contributed by atoms with E-state index in [-0.39, 0.29) is 24.5 Å². The van der Waals surface area contributed by atoms with Gasteiger partial charge in [-0.15, -0.1) is 0 Å². The van der Waals surface area contributed by atoms with Crippen molar-refractivity contribution in [2.24, 2.45) is 5.92 Å². The molecule has 13 heavy (non-hydrogen) atoms. The molecular formula is C8H11NO4. The Morgan fingerprint density at radius 2 is 2.23 bits per heavy atom. The predicted octanol–water partition coefficient (Wildman–Crippen LogP) is -0.444. The lowest BCUT2D eigenvalue weighted by molar-refractivity contribution is -0.139. The second-order valence-electron chi connectivity index (χ2n) is 2.99. The zero-order valence-corrected chi connectivity index (χ0v) is 7.08. The van der Waals surface area contributed by atoms with Crippen molar-refractivity contribution in [1.82, 2.24) is 5.32 Å². The van der Waals surface area contributed by atoms with Crippen molar-refractivity contribution in [2.75, 3.05) is 6.54 Å². The predicted molar refractivity (Wildman–Crippen MR) is 43.0 cm³/mol. The molecule has 1 fully saturated rings. The van der Waals surface area contributed by atoms with Crippen molar-refractivity contribution in [2.45, 2.75) is 19.3 Å². The number of ketones is 1. The maximum Gasteiger partial charge on any atom is 0.303 e. The molecule has 1 aliphatic rings. The highest BCUT2D eigenvalue weighted by molar-refractivity contribution is 6.03.